The van der Waals surface area contributed by atoms with Gasteiger partial charge in [0.05, 0.1) is 0 Å². The lowest BCUT2D eigenvalue weighted by Gasteiger charge is -1.95. The zero-order chi connectivity index (χ0) is 8.10. The van der Waals surface area contributed by atoms with Crippen LogP contribution in [0.3, 0.4) is 0 Å². The minimum absolute atomic E-state index is 0.574. The molecule has 11 heavy (non-hydrogen) atoms. The van der Waals surface area contributed by atoms with Gasteiger partial charge in [-0.1, -0.05) is 28.1 Å². The maximum atomic E-state index is 5.58. The summed E-state index contributed by atoms with van der Waals surface area (Å²) in [5.74, 6) is 0.574. The van der Waals surface area contributed by atoms with Crippen LogP contribution < -0.4 is 5.73 Å². The van der Waals surface area contributed by atoms with Crippen LogP contribution in [-0.4, -0.2) is 10.3 Å². The molecule has 0 saturated carbocycles. The molecular formula is C8H9BrN2. The topological polar surface area (TPSA) is 38.9 Å². The lowest BCUT2D eigenvalue weighted by molar-refractivity contribution is 1.33. The number of rotatable bonds is 2. The first-order valence-electron chi connectivity index (χ1n) is 3.27. The van der Waals surface area contributed by atoms with E-state index in [1.54, 1.807) is 6.20 Å². The summed E-state index contributed by atoms with van der Waals surface area (Å²) in [7, 11) is 0. The van der Waals surface area contributed by atoms with Crippen LogP contribution in [0.25, 0.3) is 6.08 Å². The van der Waals surface area contributed by atoms with Crippen LogP contribution in [0.15, 0.2) is 24.4 Å². The minimum atomic E-state index is 0.574. The average molecular weight is 213 g/mol. The second-order valence-corrected chi connectivity index (χ2v) is 2.68. The molecule has 0 spiro atoms. The summed E-state index contributed by atoms with van der Waals surface area (Å²) in [6, 6.07) is 3.80. The third-order valence-corrected chi connectivity index (χ3v) is 1.63. The summed E-state index contributed by atoms with van der Waals surface area (Å²) >= 11 is 3.28. The Bertz CT molecular complexity index is 258. The van der Waals surface area contributed by atoms with Crippen molar-refractivity contribution in [2.45, 2.75) is 0 Å². The summed E-state index contributed by atoms with van der Waals surface area (Å²) in [5.41, 5.74) is 6.55. The molecule has 0 aliphatic carbocycles. The fraction of sp³-hybridized carbons (Fsp3) is 0.125. The van der Waals surface area contributed by atoms with Crippen molar-refractivity contribution in [3.8, 4) is 0 Å². The van der Waals surface area contributed by atoms with E-state index in [0.717, 1.165) is 10.9 Å². The number of anilines is 1. The molecule has 1 rings (SSSR count). The SMILES string of the molecule is Nc1ncccc1C=CCBr. The Hall–Kier alpha value is -0.830. The van der Waals surface area contributed by atoms with Gasteiger partial charge in [0.2, 0.25) is 0 Å². The van der Waals surface area contributed by atoms with E-state index in [9.17, 15) is 0 Å². The fourth-order valence-corrected chi connectivity index (χ4v) is 0.929. The van der Waals surface area contributed by atoms with Gasteiger partial charge in [0.25, 0.3) is 0 Å². The van der Waals surface area contributed by atoms with Gasteiger partial charge in [0.15, 0.2) is 0 Å². The Morgan fingerprint density at radius 1 is 1.64 bits per heavy atom. The predicted octanol–water partition coefficient (Wildman–Crippen LogP) is 2.07. The molecule has 1 aromatic rings. The van der Waals surface area contributed by atoms with Crippen molar-refractivity contribution in [2.24, 2.45) is 0 Å². The lowest BCUT2D eigenvalue weighted by atomic mass is 10.2. The van der Waals surface area contributed by atoms with Crippen LogP contribution in [0.2, 0.25) is 0 Å². The third kappa shape index (κ3) is 2.35. The van der Waals surface area contributed by atoms with Crippen molar-refractivity contribution in [3.63, 3.8) is 0 Å². The zero-order valence-electron chi connectivity index (χ0n) is 6.00. The second-order valence-electron chi connectivity index (χ2n) is 2.03. The number of nitrogens with two attached hydrogens (primary N) is 1. The van der Waals surface area contributed by atoms with E-state index in [1.165, 1.54) is 0 Å². The first kappa shape index (κ1) is 8.27. The fourth-order valence-electron chi connectivity index (χ4n) is 0.742. The van der Waals surface area contributed by atoms with Gasteiger partial charge >= 0.3 is 0 Å². The first-order chi connectivity index (χ1) is 5.34. The maximum absolute atomic E-state index is 5.58. The van der Waals surface area contributed by atoms with E-state index >= 15 is 0 Å². The molecule has 1 heterocycles. The first-order valence-corrected chi connectivity index (χ1v) is 4.39. The maximum Gasteiger partial charge on any atom is 0.130 e. The molecule has 1 aromatic heterocycles. The van der Waals surface area contributed by atoms with Crippen LogP contribution >= 0.6 is 15.9 Å². The second kappa shape index (κ2) is 4.13. The number of hydrogen-bond donors (Lipinski definition) is 1. The van der Waals surface area contributed by atoms with Gasteiger partial charge in [-0.15, -0.1) is 0 Å². The van der Waals surface area contributed by atoms with E-state index in [4.69, 9.17) is 5.73 Å². The van der Waals surface area contributed by atoms with Crippen LogP contribution in [0.1, 0.15) is 5.56 Å². The van der Waals surface area contributed by atoms with Crippen molar-refractivity contribution in [2.75, 3.05) is 11.1 Å². The number of halogens is 1. The number of aromatic nitrogens is 1. The molecule has 0 amide bonds. The molecule has 0 saturated heterocycles. The monoisotopic (exact) mass is 212 g/mol. The van der Waals surface area contributed by atoms with Gasteiger partial charge in [-0.05, 0) is 12.1 Å². The van der Waals surface area contributed by atoms with Gasteiger partial charge < -0.3 is 5.73 Å². The number of allylic oxidation sites excluding steroid dienone is 1. The summed E-state index contributed by atoms with van der Waals surface area (Å²) < 4.78 is 0. The van der Waals surface area contributed by atoms with Gasteiger partial charge in [-0.25, -0.2) is 4.98 Å². The van der Waals surface area contributed by atoms with Crippen LogP contribution in [0.4, 0.5) is 5.82 Å². The summed E-state index contributed by atoms with van der Waals surface area (Å²) in [6.07, 6.45) is 5.60. The average Bonchev–Trinajstić information content (AvgIpc) is 2.03. The van der Waals surface area contributed by atoms with Crippen molar-refractivity contribution in [1.29, 1.82) is 0 Å². The highest BCUT2D eigenvalue weighted by Gasteiger charge is 1.91. The van der Waals surface area contributed by atoms with Crippen molar-refractivity contribution in [3.05, 3.63) is 30.0 Å². The third-order valence-electron chi connectivity index (χ3n) is 1.26. The van der Waals surface area contributed by atoms with E-state index < -0.39 is 0 Å². The predicted molar refractivity (Wildman–Crippen MR) is 51.5 cm³/mol. The Labute approximate surface area is 74.3 Å². The van der Waals surface area contributed by atoms with E-state index in [-0.39, 0.29) is 0 Å². The molecule has 0 aliphatic rings. The summed E-state index contributed by atoms with van der Waals surface area (Å²) in [5, 5.41) is 0.835. The Balaban J connectivity index is 2.86. The number of nitrogen functional groups attached to an aromatic ring is 1. The normalized spacial score (nSPS) is 10.6. The molecule has 0 radical (unpaired) electrons. The molecule has 0 unspecified atom stereocenters. The molecule has 3 heteroatoms. The standard InChI is InChI=1S/C8H9BrN2/c9-5-1-3-7-4-2-6-11-8(7)10/h1-4,6H,5H2,(H2,10,11). The molecule has 0 aliphatic heterocycles. The largest absolute Gasteiger partial charge is 0.383 e. The van der Waals surface area contributed by atoms with Crippen LogP contribution in [0.5, 0.6) is 0 Å². The Kier molecular flexibility index (Phi) is 3.11. The van der Waals surface area contributed by atoms with Crippen LogP contribution in [-0.2, 0) is 0 Å². The molecular weight excluding hydrogens is 204 g/mol. The van der Waals surface area contributed by atoms with Gasteiger partial charge in [0.1, 0.15) is 5.82 Å². The molecule has 0 atom stereocenters. The van der Waals surface area contributed by atoms with Gasteiger partial charge in [-0.3, -0.25) is 0 Å². The molecule has 58 valence electrons. The minimum Gasteiger partial charge on any atom is -0.383 e. The zero-order valence-corrected chi connectivity index (χ0v) is 7.58. The quantitative estimate of drug-likeness (QED) is 0.763. The van der Waals surface area contributed by atoms with Crippen molar-refractivity contribution < 1.29 is 0 Å². The van der Waals surface area contributed by atoms with E-state index in [0.29, 0.717) is 5.82 Å². The number of pyridine rings is 1. The Morgan fingerprint density at radius 3 is 3.09 bits per heavy atom. The van der Waals surface area contributed by atoms with E-state index in [1.807, 2.05) is 24.3 Å². The summed E-state index contributed by atoms with van der Waals surface area (Å²) in [6.45, 7) is 0. The highest BCUT2D eigenvalue weighted by Crippen LogP contribution is 2.08. The molecule has 0 aromatic carbocycles. The highest BCUT2D eigenvalue weighted by atomic mass is 79.9. The number of nitrogens with zero attached hydrogens (tertiary/aromatic N) is 1. The molecule has 2 N–H and O–H groups in total. The molecule has 2 nitrogen and oxygen atoms in total. The lowest BCUT2D eigenvalue weighted by Crippen LogP contribution is -1.91. The smallest absolute Gasteiger partial charge is 0.130 e. The molecule has 0 bridgehead atoms. The van der Waals surface area contributed by atoms with Crippen LogP contribution in [0, 0.1) is 0 Å². The van der Waals surface area contributed by atoms with Gasteiger partial charge in [0, 0.05) is 17.1 Å². The highest BCUT2D eigenvalue weighted by molar-refractivity contribution is 9.09. The van der Waals surface area contributed by atoms with Crippen molar-refractivity contribution in [1.82, 2.24) is 4.98 Å². The van der Waals surface area contributed by atoms with E-state index in [2.05, 4.69) is 20.9 Å². The Morgan fingerprint density at radius 2 is 2.45 bits per heavy atom. The summed E-state index contributed by atoms with van der Waals surface area (Å²) in [4.78, 5) is 3.94. The molecule has 0 fully saturated rings. The number of hydrogen-bond acceptors (Lipinski definition) is 2. The number of alkyl halides is 1. The van der Waals surface area contributed by atoms with Gasteiger partial charge in [-0.2, -0.15) is 0 Å². The van der Waals surface area contributed by atoms with Crippen molar-refractivity contribution >= 4 is 27.8 Å².